The van der Waals surface area contributed by atoms with Crippen molar-refractivity contribution >= 4 is 74.5 Å². The Hall–Kier alpha value is -6.20. The number of piperidine rings is 1. The quantitative estimate of drug-likeness (QED) is 0.0427. The van der Waals surface area contributed by atoms with Crippen LogP contribution in [0.15, 0.2) is 60.2 Å². The minimum absolute atomic E-state index is 0.0234. The van der Waals surface area contributed by atoms with Gasteiger partial charge in [0.1, 0.15) is 5.82 Å². The molecule has 3 N–H and O–H groups in total. The maximum atomic E-state index is 15.0. The highest BCUT2D eigenvalue weighted by Gasteiger charge is 2.44. The van der Waals surface area contributed by atoms with Crippen LogP contribution < -0.4 is 20.8 Å². The number of anilines is 1. The first kappa shape index (κ1) is 52.6. The number of benzene rings is 1. The zero-order chi connectivity index (χ0) is 50.5. The van der Waals surface area contributed by atoms with E-state index >= 15 is 4.39 Å². The molecule has 0 spiro atoms. The largest absolute Gasteiger partial charge is 0.463 e. The molecule has 7 amide bonds. The normalized spacial score (nSPS) is 18.8. The molecule has 7 rings (SSSR count). The summed E-state index contributed by atoms with van der Waals surface area (Å²) in [6.45, 7) is 9.73. The summed E-state index contributed by atoms with van der Waals surface area (Å²) in [4.78, 5) is 110. The van der Waals surface area contributed by atoms with Gasteiger partial charge in [-0.05, 0) is 76.1 Å². The fourth-order valence-corrected chi connectivity index (χ4v) is 10.9. The van der Waals surface area contributed by atoms with Crippen LogP contribution in [0.2, 0.25) is 0 Å². The minimum atomic E-state index is -0.719. The van der Waals surface area contributed by atoms with Gasteiger partial charge in [-0.25, -0.2) is 29.4 Å². The fraction of sp³-hybridized carbons (Fsp3) is 0.521. The highest BCUT2D eigenvalue weighted by atomic mass is 33.1. The van der Waals surface area contributed by atoms with Gasteiger partial charge in [-0.2, -0.15) is 5.10 Å². The number of hydrazone groups is 1. The molecule has 380 valence electrons. The van der Waals surface area contributed by atoms with Gasteiger partial charge in [0.15, 0.2) is 0 Å². The SMILES string of the molecule is C/C(=N\NC(=O)CC(C)(C)SSCCC(=O)N1CCN(C2CCN(C(=O)NCc3ccc(NC(=O)C4CC4c4cccnc4)cc3F)CC2)CC1)c1cnc(OCCCC(=O)ON2C(=O)CCC2=O)nc1. The first-order valence-corrected chi connectivity index (χ1v) is 26.1. The molecular weight excluding hydrogens is 958 g/mol. The molecule has 2 aromatic heterocycles. The number of pyridine rings is 1. The van der Waals surface area contributed by atoms with Crippen molar-refractivity contribution in [3.8, 4) is 6.01 Å². The number of urea groups is 1. The molecule has 1 aromatic carbocycles. The summed E-state index contributed by atoms with van der Waals surface area (Å²) in [5.41, 5.74) is 5.36. The second-order valence-electron chi connectivity index (χ2n) is 18.4. The van der Waals surface area contributed by atoms with E-state index in [0.29, 0.717) is 72.0 Å². The standard InChI is InChI=1S/C48H60FN11O9S2/c1-31(34-29-51-46(52-30-34)68-22-5-7-44(65)69-60-42(63)10-11-43(60)64)55-56-40(61)26-48(2,3)71-70-23-14-41(62)58-20-18-57(19-21-58)36-12-16-59(17-13-36)47(67)53-28-33-8-9-35(24-39(33)49)54-45(66)38-25-37(38)32-6-4-15-50-27-32/h4,6,8-9,15,24,27,29-30,36-38H,5,7,10-14,16-23,25-26,28H2,1-3H3,(H,53,67)(H,54,66)(H,56,61)/b55-31+. The van der Waals surface area contributed by atoms with E-state index in [0.717, 1.165) is 37.9 Å². The summed E-state index contributed by atoms with van der Waals surface area (Å²) in [6.07, 6.45) is 9.60. The number of hydroxylamine groups is 2. The third-order valence-electron chi connectivity index (χ3n) is 12.5. The lowest BCUT2D eigenvalue weighted by Gasteiger charge is -2.42. The number of nitrogens with zero attached hydrogens (tertiary/aromatic N) is 8. The highest BCUT2D eigenvalue weighted by molar-refractivity contribution is 8.77. The monoisotopic (exact) mass is 1020 g/mol. The first-order chi connectivity index (χ1) is 34.1. The van der Waals surface area contributed by atoms with E-state index in [4.69, 9.17) is 9.57 Å². The lowest BCUT2D eigenvalue weighted by Crippen LogP contribution is -2.55. The molecule has 4 aliphatic rings. The summed E-state index contributed by atoms with van der Waals surface area (Å²) in [5, 5.41) is 10.4. The van der Waals surface area contributed by atoms with Crippen LogP contribution in [0.25, 0.3) is 0 Å². The van der Waals surface area contributed by atoms with E-state index in [2.05, 4.69) is 41.0 Å². The predicted octanol–water partition coefficient (Wildman–Crippen LogP) is 4.82. The molecule has 3 saturated heterocycles. The molecule has 0 radical (unpaired) electrons. The summed E-state index contributed by atoms with van der Waals surface area (Å²) >= 11 is 0. The van der Waals surface area contributed by atoms with E-state index in [1.165, 1.54) is 18.5 Å². The van der Waals surface area contributed by atoms with Crippen LogP contribution in [-0.4, -0.2) is 144 Å². The average molecular weight is 1020 g/mol. The van der Waals surface area contributed by atoms with E-state index in [-0.39, 0.29) is 86.9 Å². The Morgan fingerprint density at radius 1 is 0.930 bits per heavy atom. The molecule has 20 nitrogen and oxygen atoms in total. The third kappa shape index (κ3) is 15.4. The van der Waals surface area contributed by atoms with Gasteiger partial charge >= 0.3 is 18.0 Å². The Morgan fingerprint density at radius 3 is 2.35 bits per heavy atom. The third-order valence-corrected chi connectivity index (χ3v) is 15.8. The Labute approximate surface area is 419 Å². The van der Waals surface area contributed by atoms with Crippen molar-refractivity contribution in [1.29, 1.82) is 0 Å². The number of likely N-dealkylation sites (tertiary alicyclic amines) is 1. The number of hydrogen-bond donors (Lipinski definition) is 3. The molecule has 2 atom stereocenters. The predicted molar refractivity (Wildman–Crippen MR) is 263 cm³/mol. The molecule has 1 saturated carbocycles. The fourth-order valence-electron chi connectivity index (χ4n) is 8.42. The maximum absolute atomic E-state index is 15.0. The lowest BCUT2D eigenvalue weighted by atomic mass is 10.0. The summed E-state index contributed by atoms with van der Waals surface area (Å²) in [5.74, 6) is -2.06. The van der Waals surface area contributed by atoms with Crippen LogP contribution in [0.5, 0.6) is 6.01 Å². The van der Waals surface area contributed by atoms with Crippen molar-refractivity contribution in [1.82, 2.24) is 45.5 Å². The molecule has 3 aliphatic heterocycles. The van der Waals surface area contributed by atoms with Gasteiger partial charge in [-0.3, -0.25) is 33.9 Å². The second-order valence-corrected chi connectivity index (χ2v) is 21.5. The molecule has 3 aromatic rings. The number of amides is 7. The Bertz CT molecular complexity index is 2420. The zero-order valence-electron chi connectivity index (χ0n) is 40.1. The Morgan fingerprint density at radius 2 is 1.66 bits per heavy atom. The summed E-state index contributed by atoms with van der Waals surface area (Å²) < 4.78 is 20.0. The van der Waals surface area contributed by atoms with Crippen LogP contribution in [0.1, 0.15) is 101 Å². The van der Waals surface area contributed by atoms with Gasteiger partial charge in [-0.15, -0.1) is 5.06 Å². The van der Waals surface area contributed by atoms with Crippen LogP contribution >= 0.6 is 21.6 Å². The number of halogens is 1. The molecule has 23 heteroatoms. The van der Waals surface area contributed by atoms with Crippen molar-refractivity contribution in [3.63, 3.8) is 0 Å². The molecule has 71 heavy (non-hydrogen) atoms. The zero-order valence-corrected chi connectivity index (χ0v) is 41.7. The van der Waals surface area contributed by atoms with E-state index < -0.39 is 28.3 Å². The first-order valence-electron chi connectivity index (χ1n) is 23.8. The number of carbonyl (C=O) groups excluding carboxylic acids is 7. The molecular formula is C48H60FN11O9S2. The van der Waals surface area contributed by atoms with Gasteiger partial charge < -0.3 is 30.0 Å². The second kappa shape index (κ2) is 24.8. The minimum Gasteiger partial charge on any atom is -0.463 e. The maximum Gasteiger partial charge on any atom is 0.333 e. The Balaban J connectivity index is 0.713. The number of ether oxygens (including phenoxy) is 1. The molecule has 5 heterocycles. The number of carbonyl (C=O) groups is 7. The van der Waals surface area contributed by atoms with Crippen LogP contribution in [0.4, 0.5) is 14.9 Å². The average Bonchev–Trinajstić information content (AvgIpc) is 4.12. The molecule has 0 bridgehead atoms. The van der Waals surface area contributed by atoms with Crippen molar-refractivity contribution < 1.29 is 47.5 Å². The van der Waals surface area contributed by atoms with Gasteiger partial charge in [0.2, 0.25) is 17.7 Å². The number of piperazine rings is 1. The van der Waals surface area contributed by atoms with Crippen molar-refractivity contribution in [2.75, 3.05) is 56.9 Å². The van der Waals surface area contributed by atoms with Gasteiger partial charge in [0.25, 0.3) is 11.8 Å². The number of hydrogen-bond acceptors (Lipinski definition) is 16. The van der Waals surface area contributed by atoms with Crippen LogP contribution in [0, 0.1) is 11.7 Å². The van der Waals surface area contributed by atoms with E-state index in [1.807, 2.05) is 30.9 Å². The summed E-state index contributed by atoms with van der Waals surface area (Å²) in [6, 6.07) is 8.47. The molecule has 4 fully saturated rings. The van der Waals surface area contributed by atoms with Crippen molar-refractivity contribution in [3.05, 3.63) is 77.6 Å². The van der Waals surface area contributed by atoms with Crippen molar-refractivity contribution in [2.24, 2.45) is 11.0 Å². The molecule has 2 unspecified atom stereocenters. The van der Waals surface area contributed by atoms with E-state index in [9.17, 15) is 33.6 Å². The number of aromatic nitrogens is 3. The van der Waals surface area contributed by atoms with Gasteiger partial charge in [0.05, 0.1) is 18.7 Å². The number of imide groups is 1. The molecule has 1 aliphatic carbocycles. The lowest BCUT2D eigenvalue weighted by molar-refractivity contribution is -0.197. The summed E-state index contributed by atoms with van der Waals surface area (Å²) in [7, 11) is 3.11. The topological polar surface area (TPSA) is 238 Å². The van der Waals surface area contributed by atoms with Crippen molar-refractivity contribution in [2.45, 2.75) is 102 Å². The van der Waals surface area contributed by atoms with Gasteiger partial charge in [-0.1, -0.05) is 33.7 Å². The smallest absolute Gasteiger partial charge is 0.333 e. The number of nitrogens with one attached hydrogen (secondary N) is 3. The van der Waals surface area contributed by atoms with Crippen LogP contribution in [0.3, 0.4) is 0 Å². The highest BCUT2D eigenvalue weighted by Crippen LogP contribution is 2.47. The Kier molecular flexibility index (Phi) is 18.4. The number of rotatable bonds is 21. The van der Waals surface area contributed by atoms with E-state index in [1.54, 1.807) is 57.9 Å². The van der Waals surface area contributed by atoms with Gasteiger partial charge in [0, 0.05) is 136 Å². The van der Waals surface area contributed by atoms with Crippen LogP contribution in [-0.2, 0) is 40.1 Å².